The van der Waals surface area contributed by atoms with Gasteiger partial charge >= 0.3 is 5.97 Å². The first-order valence-electron chi connectivity index (χ1n) is 6.70. The third-order valence-electron chi connectivity index (χ3n) is 3.53. The zero-order chi connectivity index (χ0) is 17.0. The van der Waals surface area contributed by atoms with E-state index in [1.807, 2.05) is 0 Å². The smallest absolute Gasteiger partial charge is 0.345 e. The van der Waals surface area contributed by atoms with Crippen LogP contribution in [0.5, 0.6) is 0 Å². The van der Waals surface area contributed by atoms with Gasteiger partial charge in [-0.15, -0.1) is 0 Å². The van der Waals surface area contributed by atoms with Crippen molar-refractivity contribution in [1.82, 2.24) is 0 Å². The SMILES string of the molecule is COC(=O)C(O)(c1ccccc1)C(O)c1ccccc1[N+](=O)[O-]. The Kier molecular flexibility index (Phi) is 4.73. The highest BCUT2D eigenvalue weighted by molar-refractivity contribution is 5.82. The number of para-hydroxylation sites is 1. The lowest BCUT2D eigenvalue weighted by Gasteiger charge is -2.30. The minimum absolute atomic E-state index is 0.0671. The number of benzene rings is 2. The number of esters is 1. The maximum atomic E-state index is 12.1. The molecule has 2 unspecified atom stereocenters. The Labute approximate surface area is 131 Å². The van der Waals surface area contributed by atoms with E-state index < -0.39 is 28.3 Å². The Morgan fingerprint density at radius 2 is 1.74 bits per heavy atom. The molecule has 0 saturated heterocycles. The molecule has 0 aliphatic heterocycles. The summed E-state index contributed by atoms with van der Waals surface area (Å²) in [5.41, 5.74) is -2.99. The van der Waals surface area contributed by atoms with Crippen LogP contribution in [0, 0.1) is 10.1 Å². The van der Waals surface area contributed by atoms with Crippen LogP contribution in [0.15, 0.2) is 54.6 Å². The average molecular weight is 317 g/mol. The van der Waals surface area contributed by atoms with Gasteiger partial charge in [0.1, 0.15) is 6.10 Å². The summed E-state index contributed by atoms with van der Waals surface area (Å²) >= 11 is 0. The van der Waals surface area contributed by atoms with Crippen molar-refractivity contribution < 1.29 is 24.7 Å². The minimum atomic E-state index is -2.47. The van der Waals surface area contributed by atoms with Crippen molar-refractivity contribution in [2.45, 2.75) is 11.7 Å². The van der Waals surface area contributed by atoms with Crippen molar-refractivity contribution in [2.75, 3.05) is 7.11 Å². The molecule has 2 aromatic rings. The van der Waals surface area contributed by atoms with E-state index in [0.717, 1.165) is 7.11 Å². The fourth-order valence-corrected chi connectivity index (χ4v) is 2.35. The van der Waals surface area contributed by atoms with E-state index in [9.17, 15) is 25.1 Å². The lowest BCUT2D eigenvalue weighted by atomic mass is 9.84. The first-order valence-corrected chi connectivity index (χ1v) is 6.70. The molecule has 0 saturated carbocycles. The van der Waals surface area contributed by atoms with E-state index in [0.29, 0.717) is 0 Å². The van der Waals surface area contributed by atoms with Gasteiger partial charge in [0.15, 0.2) is 0 Å². The summed E-state index contributed by atoms with van der Waals surface area (Å²) in [6, 6.07) is 13.0. The van der Waals surface area contributed by atoms with Gasteiger partial charge in [0.25, 0.3) is 5.69 Å². The zero-order valence-corrected chi connectivity index (χ0v) is 12.2. The molecule has 0 spiro atoms. The number of carbonyl (C=O) groups excluding carboxylic acids is 1. The molecule has 120 valence electrons. The average Bonchev–Trinajstić information content (AvgIpc) is 2.60. The Morgan fingerprint density at radius 1 is 1.17 bits per heavy atom. The molecule has 2 rings (SSSR count). The first-order chi connectivity index (χ1) is 10.9. The molecule has 0 heterocycles. The number of hydrogen-bond acceptors (Lipinski definition) is 6. The largest absolute Gasteiger partial charge is 0.467 e. The monoisotopic (exact) mass is 317 g/mol. The van der Waals surface area contributed by atoms with E-state index >= 15 is 0 Å². The second-order valence-electron chi connectivity index (χ2n) is 4.84. The number of methoxy groups -OCH3 is 1. The van der Waals surface area contributed by atoms with Gasteiger partial charge < -0.3 is 14.9 Å². The Morgan fingerprint density at radius 3 is 2.30 bits per heavy atom. The molecular weight excluding hydrogens is 302 g/mol. The molecule has 0 amide bonds. The van der Waals surface area contributed by atoms with Crippen LogP contribution in [0.1, 0.15) is 17.2 Å². The number of aliphatic hydroxyl groups is 2. The molecule has 0 aliphatic carbocycles. The van der Waals surface area contributed by atoms with Crippen molar-refractivity contribution in [1.29, 1.82) is 0 Å². The number of hydrogen-bond donors (Lipinski definition) is 2. The van der Waals surface area contributed by atoms with Crippen molar-refractivity contribution in [3.05, 3.63) is 75.8 Å². The third-order valence-corrected chi connectivity index (χ3v) is 3.53. The summed E-state index contributed by atoms with van der Waals surface area (Å²) in [6.45, 7) is 0. The lowest BCUT2D eigenvalue weighted by molar-refractivity contribution is -0.386. The number of nitro benzene ring substituents is 1. The molecule has 0 aromatic heterocycles. The topological polar surface area (TPSA) is 110 Å². The minimum Gasteiger partial charge on any atom is -0.467 e. The number of ether oxygens (including phenoxy) is 1. The number of nitro groups is 1. The molecule has 0 radical (unpaired) electrons. The summed E-state index contributed by atoms with van der Waals surface area (Å²) in [4.78, 5) is 22.6. The highest BCUT2D eigenvalue weighted by Crippen LogP contribution is 2.39. The van der Waals surface area contributed by atoms with Gasteiger partial charge in [-0.2, -0.15) is 0 Å². The Balaban J connectivity index is 2.62. The van der Waals surface area contributed by atoms with Gasteiger partial charge in [0, 0.05) is 6.07 Å². The molecular formula is C16H15NO6. The van der Waals surface area contributed by atoms with Crippen LogP contribution in [0.4, 0.5) is 5.69 Å². The van der Waals surface area contributed by atoms with E-state index in [2.05, 4.69) is 4.74 Å². The van der Waals surface area contributed by atoms with E-state index in [-0.39, 0.29) is 11.1 Å². The molecule has 7 heteroatoms. The highest BCUT2D eigenvalue weighted by Gasteiger charge is 2.48. The van der Waals surface area contributed by atoms with Gasteiger partial charge in [-0.3, -0.25) is 10.1 Å². The maximum absolute atomic E-state index is 12.1. The fourth-order valence-electron chi connectivity index (χ4n) is 2.35. The second-order valence-corrected chi connectivity index (χ2v) is 4.84. The van der Waals surface area contributed by atoms with Crippen LogP contribution in [-0.2, 0) is 15.1 Å². The standard InChI is InChI=1S/C16H15NO6/c1-23-15(19)16(20,11-7-3-2-4-8-11)14(18)12-9-5-6-10-13(12)17(21)22/h2-10,14,18,20H,1H3. The second kappa shape index (κ2) is 6.55. The highest BCUT2D eigenvalue weighted by atomic mass is 16.6. The summed E-state index contributed by atoms with van der Waals surface area (Å²) in [5.74, 6) is -1.12. The van der Waals surface area contributed by atoms with Gasteiger partial charge in [0.2, 0.25) is 5.60 Å². The molecule has 0 fully saturated rings. The summed E-state index contributed by atoms with van der Waals surface area (Å²) in [6.07, 6.45) is -1.88. The molecule has 2 atom stereocenters. The number of rotatable bonds is 5. The van der Waals surface area contributed by atoms with Gasteiger partial charge in [-0.25, -0.2) is 4.79 Å². The zero-order valence-electron chi connectivity index (χ0n) is 12.2. The van der Waals surface area contributed by atoms with E-state index in [1.54, 1.807) is 18.2 Å². The predicted octanol–water partition coefficient (Wildman–Crippen LogP) is 1.69. The maximum Gasteiger partial charge on any atom is 0.345 e. The van der Waals surface area contributed by atoms with Crippen LogP contribution >= 0.6 is 0 Å². The molecule has 2 aromatic carbocycles. The normalized spacial score (nSPS) is 14.6. The molecule has 0 bridgehead atoms. The van der Waals surface area contributed by atoms with E-state index in [1.165, 1.54) is 36.4 Å². The number of aliphatic hydroxyl groups excluding tert-OH is 1. The molecule has 7 nitrogen and oxygen atoms in total. The molecule has 23 heavy (non-hydrogen) atoms. The quantitative estimate of drug-likeness (QED) is 0.493. The van der Waals surface area contributed by atoms with Crippen molar-refractivity contribution in [3.63, 3.8) is 0 Å². The van der Waals surface area contributed by atoms with E-state index in [4.69, 9.17) is 0 Å². The van der Waals surface area contributed by atoms with Gasteiger partial charge in [-0.1, -0.05) is 42.5 Å². The molecule has 0 aliphatic rings. The predicted molar refractivity (Wildman–Crippen MR) is 80.4 cm³/mol. The summed E-state index contributed by atoms with van der Waals surface area (Å²) < 4.78 is 4.59. The first kappa shape index (κ1) is 16.6. The summed E-state index contributed by atoms with van der Waals surface area (Å²) in [7, 11) is 1.06. The Bertz CT molecular complexity index is 718. The van der Waals surface area contributed by atoms with Crippen LogP contribution in [0.2, 0.25) is 0 Å². The number of nitrogens with zero attached hydrogens (tertiary/aromatic N) is 1. The molecule has 2 N–H and O–H groups in total. The number of carbonyl (C=O) groups is 1. The fraction of sp³-hybridized carbons (Fsp3) is 0.188. The Hall–Kier alpha value is -2.77. The van der Waals surface area contributed by atoms with Crippen molar-refractivity contribution >= 4 is 11.7 Å². The van der Waals surface area contributed by atoms with Gasteiger partial charge in [0.05, 0.1) is 17.6 Å². The lowest BCUT2D eigenvalue weighted by Crippen LogP contribution is -2.43. The van der Waals surface area contributed by atoms with Crippen molar-refractivity contribution in [2.24, 2.45) is 0 Å². The van der Waals surface area contributed by atoms with Crippen LogP contribution in [0.25, 0.3) is 0 Å². The van der Waals surface area contributed by atoms with Gasteiger partial charge in [-0.05, 0) is 11.6 Å². The van der Waals surface area contributed by atoms with Crippen molar-refractivity contribution in [3.8, 4) is 0 Å². The van der Waals surface area contributed by atoms with Crippen LogP contribution in [0.3, 0.4) is 0 Å². The summed E-state index contributed by atoms with van der Waals surface area (Å²) in [5, 5.41) is 32.5. The van der Waals surface area contributed by atoms with Crippen LogP contribution in [-0.4, -0.2) is 28.2 Å². The third kappa shape index (κ3) is 2.92. The van der Waals surface area contributed by atoms with Crippen LogP contribution < -0.4 is 0 Å².